The van der Waals surface area contributed by atoms with Gasteiger partial charge in [-0.25, -0.2) is 0 Å². The molecular weight excluding hydrogens is 412 g/mol. The molecule has 0 atom stereocenters. The van der Waals surface area contributed by atoms with Crippen molar-refractivity contribution in [3.63, 3.8) is 0 Å². The molecule has 0 unspecified atom stereocenters. The van der Waals surface area contributed by atoms with Crippen molar-refractivity contribution in [1.82, 2.24) is 4.90 Å². The van der Waals surface area contributed by atoms with Crippen LogP contribution in [0, 0.1) is 0 Å². The van der Waals surface area contributed by atoms with Gasteiger partial charge in [0.2, 0.25) is 0 Å². The van der Waals surface area contributed by atoms with E-state index in [0.29, 0.717) is 48.1 Å². The Labute approximate surface area is 187 Å². The number of hydrogen-bond acceptors (Lipinski definition) is 7. The van der Waals surface area contributed by atoms with E-state index < -0.39 is 5.91 Å². The fourth-order valence-corrected chi connectivity index (χ4v) is 3.50. The Hall–Kier alpha value is -3.52. The van der Waals surface area contributed by atoms with Crippen molar-refractivity contribution >= 4 is 23.1 Å². The van der Waals surface area contributed by atoms with Gasteiger partial charge in [0.25, 0.3) is 11.8 Å². The Morgan fingerprint density at radius 3 is 2.34 bits per heavy atom. The van der Waals surface area contributed by atoms with Crippen LogP contribution in [0.4, 0.5) is 5.69 Å². The average Bonchev–Trinajstić information content (AvgIpc) is 3.05. The first-order chi connectivity index (χ1) is 15.5. The second-order valence-corrected chi connectivity index (χ2v) is 6.95. The number of para-hydroxylation sites is 1. The van der Waals surface area contributed by atoms with Gasteiger partial charge in [-0.15, -0.1) is 0 Å². The minimum Gasteiger partial charge on any atom is -0.497 e. The largest absolute Gasteiger partial charge is 0.497 e. The molecule has 1 heterocycles. The van der Waals surface area contributed by atoms with Crippen molar-refractivity contribution in [1.29, 1.82) is 0 Å². The van der Waals surface area contributed by atoms with Crippen LogP contribution in [-0.2, 0) is 14.3 Å². The van der Waals surface area contributed by atoms with E-state index in [2.05, 4.69) is 5.32 Å². The molecule has 0 spiro atoms. The summed E-state index contributed by atoms with van der Waals surface area (Å²) in [5.74, 6) is 0.793. The maximum absolute atomic E-state index is 13.4. The number of amides is 2. The first-order valence-corrected chi connectivity index (χ1v) is 10.4. The molecule has 32 heavy (non-hydrogen) atoms. The average molecular weight is 440 g/mol. The van der Waals surface area contributed by atoms with Crippen molar-refractivity contribution in [2.75, 3.05) is 46.4 Å². The van der Waals surface area contributed by atoms with Gasteiger partial charge in [-0.3, -0.25) is 14.5 Å². The van der Waals surface area contributed by atoms with E-state index >= 15 is 0 Å². The lowest BCUT2D eigenvalue weighted by molar-refractivity contribution is -0.137. The lowest BCUT2D eigenvalue weighted by atomic mass is 10.0. The monoisotopic (exact) mass is 440 g/mol. The van der Waals surface area contributed by atoms with Crippen LogP contribution in [0.1, 0.15) is 18.9 Å². The molecular formula is C24H28N2O6. The zero-order valence-electron chi connectivity index (χ0n) is 18.8. The van der Waals surface area contributed by atoms with Gasteiger partial charge in [-0.05, 0) is 31.5 Å². The molecule has 0 radical (unpaired) electrons. The van der Waals surface area contributed by atoms with Crippen molar-refractivity contribution < 1.29 is 28.5 Å². The van der Waals surface area contributed by atoms with Gasteiger partial charge in [-0.2, -0.15) is 0 Å². The number of carbonyl (C=O) groups is 2. The third-order valence-electron chi connectivity index (χ3n) is 5.09. The highest BCUT2D eigenvalue weighted by Crippen LogP contribution is 2.37. The second-order valence-electron chi connectivity index (χ2n) is 6.95. The maximum Gasteiger partial charge on any atom is 0.278 e. The molecule has 170 valence electrons. The quantitative estimate of drug-likeness (QED) is 0.424. The van der Waals surface area contributed by atoms with Crippen molar-refractivity contribution in [2.24, 2.45) is 0 Å². The van der Waals surface area contributed by atoms with E-state index in [0.717, 1.165) is 0 Å². The number of ether oxygens (including phenoxy) is 4. The van der Waals surface area contributed by atoms with Crippen LogP contribution in [-0.4, -0.2) is 57.8 Å². The van der Waals surface area contributed by atoms with Gasteiger partial charge >= 0.3 is 0 Å². The highest BCUT2D eigenvalue weighted by atomic mass is 16.5. The van der Waals surface area contributed by atoms with Gasteiger partial charge < -0.3 is 24.3 Å². The van der Waals surface area contributed by atoms with Crippen LogP contribution < -0.4 is 19.5 Å². The van der Waals surface area contributed by atoms with Gasteiger partial charge in [-0.1, -0.05) is 18.2 Å². The fourth-order valence-electron chi connectivity index (χ4n) is 3.50. The van der Waals surface area contributed by atoms with Crippen molar-refractivity contribution in [2.45, 2.75) is 13.3 Å². The highest BCUT2D eigenvalue weighted by molar-refractivity contribution is 6.37. The van der Waals surface area contributed by atoms with Crippen LogP contribution >= 0.6 is 0 Å². The number of methoxy groups -OCH3 is 3. The molecule has 0 aromatic heterocycles. The number of hydrogen-bond donors (Lipinski definition) is 1. The minimum absolute atomic E-state index is 0.166. The molecule has 8 heteroatoms. The molecule has 8 nitrogen and oxygen atoms in total. The number of rotatable bonds is 11. The van der Waals surface area contributed by atoms with Crippen molar-refractivity contribution in [3.8, 4) is 17.2 Å². The topological polar surface area (TPSA) is 86.3 Å². The predicted molar refractivity (Wildman–Crippen MR) is 121 cm³/mol. The Morgan fingerprint density at radius 2 is 1.66 bits per heavy atom. The molecule has 2 amide bonds. The molecule has 3 rings (SSSR count). The Bertz CT molecular complexity index is 1020. The van der Waals surface area contributed by atoms with Crippen LogP contribution in [0.3, 0.4) is 0 Å². The molecule has 2 aromatic carbocycles. The zero-order valence-corrected chi connectivity index (χ0v) is 18.8. The fraction of sp³-hybridized carbons (Fsp3) is 0.333. The van der Waals surface area contributed by atoms with Gasteiger partial charge in [0.15, 0.2) is 0 Å². The number of benzene rings is 2. The third-order valence-corrected chi connectivity index (χ3v) is 5.09. The number of carbonyl (C=O) groups excluding carboxylic acids is 2. The summed E-state index contributed by atoms with van der Waals surface area (Å²) in [4.78, 5) is 27.9. The van der Waals surface area contributed by atoms with Crippen molar-refractivity contribution in [3.05, 3.63) is 53.7 Å². The highest BCUT2D eigenvalue weighted by Gasteiger charge is 2.40. The first-order valence-electron chi connectivity index (χ1n) is 10.4. The summed E-state index contributed by atoms with van der Waals surface area (Å²) in [6.45, 7) is 3.20. The summed E-state index contributed by atoms with van der Waals surface area (Å²) in [5, 5.41) is 3.12. The Morgan fingerprint density at radius 1 is 0.906 bits per heavy atom. The molecule has 0 saturated carbocycles. The van der Waals surface area contributed by atoms with E-state index in [1.165, 1.54) is 19.1 Å². The predicted octanol–water partition coefficient (Wildman–Crippen LogP) is 3.33. The summed E-state index contributed by atoms with van der Waals surface area (Å²) >= 11 is 0. The standard InChI is InChI=1S/C24H28N2O6/c1-5-32-14-8-13-26-23(27)21(17-9-6-7-10-19(17)30-3)22(24(26)28)25-18-12-11-16(29-2)15-20(18)31-4/h6-7,9-12,15,25H,5,8,13-14H2,1-4H3. The molecule has 0 saturated heterocycles. The summed E-state index contributed by atoms with van der Waals surface area (Å²) in [6, 6.07) is 12.3. The number of imide groups is 1. The smallest absolute Gasteiger partial charge is 0.278 e. The number of anilines is 1. The van der Waals surface area contributed by atoms with E-state index in [9.17, 15) is 9.59 Å². The summed E-state index contributed by atoms with van der Waals surface area (Å²) in [5.41, 5.74) is 1.49. The zero-order chi connectivity index (χ0) is 23.1. The normalized spacial score (nSPS) is 13.6. The molecule has 1 aliphatic rings. The van der Waals surface area contributed by atoms with Gasteiger partial charge in [0, 0.05) is 31.4 Å². The summed E-state index contributed by atoms with van der Waals surface area (Å²) in [6.07, 6.45) is 0.545. The number of nitrogens with one attached hydrogen (secondary N) is 1. The molecule has 1 aliphatic heterocycles. The van der Waals surface area contributed by atoms with Crippen LogP contribution in [0.25, 0.3) is 5.57 Å². The number of nitrogens with zero attached hydrogens (tertiary/aromatic N) is 1. The molecule has 2 aromatic rings. The Kier molecular flexibility index (Phi) is 7.72. The second kappa shape index (κ2) is 10.7. The first kappa shape index (κ1) is 23.1. The lowest BCUT2D eigenvalue weighted by Crippen LogP contribution is -2.34. The van der Waals surface area contributed by atoms with Gasteiger partial charge in [0.1, 0.15) is 22.9 Å². The molecule has 0 fully saturated rings. The van der Waals surface area contributed by atoms with E-state index in [1.807, 2.05) is 13.0 Å². The molecule has 0 aliphatic carbocycles. The van der Waals surface area contributed by atoms with E-state index in [4.69, 9.17) is 18.9 Å². The molecule has 1 N–H and O–H groups in total. The third kappa shape index (κ3) is 4.70. The van der Waals surface area contributed by atoms with Crippen LogP contribution in [0.15, 0.2) is 48.2 Å². The minimum atomic E-state index is -0.412. The summed E-state index contributed by atoms with van der Waals surface area (Å²) < 4.78 is 21.5. The molecule has 0 bridgehead atoms. The van der Waals surface area contributed by atoms with Gasteiger partial charge in [0.05, 0.1) is 32.6 Å². The Balaban J connectivity index is 2.03. The summed E-state index contributed by atoms with van der Waals surface area (Å²) in [7, 11) is 4.61. The maximum atomic E-state index is 13.4. The van der Waals surface area contributed by atoms with Crippen LogP contribution in [0.2, 0.25) is 0 Å². The van der Waals surface area contributed by atoms with Crippen LogP contribution in [0.5, 0.6) is 17.2 Å². The lowest BCUT2D eigenvalue weighted by Gasteiger charge is -2.16. The van der Waals surface area contributed by atoms with E-state index in [1.54, 1.807) is 43.5 Å². The SMILES string of the molecule is CCOCCCN1C(=O)C(Nc2ccc(OC)cc2OC)=C(c2ccccc2OC)C1=O. The van der Waals surface area contributed by atoms with E-state index in [-0.39, 0.29) is 23.7 Å².